The van der Waals surface area contributed by atoms with Gasteiger partial charge in [-0.25, -0.2) is 0 Å². The predicted octanol–water partition coefficient (Wildman–Crippen LogP) is 1.97. The van der Waals surface area contributed by atoms with Crippen LogP contribution in [0, 0.1) is 13.8 Å². The molecule has 2 aromatic rings. The maximum Gasteiger partial charge on any atom is 0.312 e. The Morgan fingerprint density at radius 1 is 0.821 bits per heavy atom. The van der Waals surface area contributed by atoms with Crippen LogP contribution in [0.5, 0.6) is 11.5 Å². The number of hydrogen-bond donors (Lipinski definition) is 2. The van der Waals surface area contributed by atoms with Crippen molar-refractivity contribution in [1.29, 1.82) is 0 Å². The molecule has 0 saturated carbocycles. The Kier molecular flexibility index (Phi) is 6.12. The minimum atomic E-state index is -4.70. The van der Waals surface area contributed by atoms with Crippen LogP contribution in [-0.4, -0.2) is 30.6 Å². The van der Waals surface area contributed by atoms with Gasteiger partial charge in [-0.05, 0) is 44.0 Å². The summed E-state index contributed by atoms with van der Waals surface area (Å²) in [4.78, 5) is -0.742. The lowest BCUT2D eigenvalue weighted by Gasteiger charge is -2.14. The topological polar surface area (TPSA) is 148 Å². The molecule has 2 aromatic carbocycles. The zero-order chi connectivity index (χ0) is 21.3. The SMILES string of the molecule is CCOc1cc(S(=O)(=O)OS(=O)(=O)c2cc(OC)c(N)cc2C)c(C)cc1N. The number of nitrogen functional groups attached to an aromatic ring is 2. The largest absolute Gasteiger partial charge is 0.495 e. The predicted molar refractivity (Wildman–Crippen MR) is 104 cm³/mol. The number of hydrogen-bond acceptors (Lipinski definition) is 9. The Morgan fingerprint density at radius 3 is 1.68 bits per heavy atom. The lowest BCUT2D eigenvalue weighted by atomic mass is 10.2. The van der Waals surface area contributed by atoms with Crippen molar-refractivity contribution in [3.05, 3.63) is 35.4 Å². The first-order valence-electron chi connectivity index (χ1n) is 8.11. The Bertz CT molecular complexity index is 1110. The van der Waals surface area contributed by atoms with Crippen LogP contribution in [0.25, 0.3) is 0 Å². The molecule has 0 heterocycles. The molecule has 0 aliphatic carbocycles. The van der Waals surface area contributed by atoms with Crippen LogP contribution in [0.15, 0.2) is 34.1 Å². The molecule has 0 radical (unpaired) electrons. The summed E-state index contributed by atoms with van der Waals surface area (Å²) in [7, 11) is -8.08. The molecule has 0 amide bonds. The van der Waals surface area contributed by atoms with Gasteiger partial charge in [0, 0.05) is 12.1 Å². The van der Waals surface area contributed by atoms with Crippen molar-refractivity contribution in [3.63, 3.8) is 0 Å². The average Bonchev–Trinajstić information content (AvgIpc) is 2.56. The van der Waals surface area contributed by atoms with E-state index in [0.29, 0.717) is 0 Å². The molecule has 0 bridgehead atoms. The highest BCUT2D eigenvalue weighted by molar-refractivity contribution is 8.00. The van der Waals surface area contributed by atoms with E-state index in [1.807, 2.05) is 0 Å². The van der Waals surface area contributed by atoms with Gasteiger partial charge in [-0.2, -0.15) is 16.8 Å². The monoisotopic (exact) mass is 430 g/mol. The Morgan fingerprint density at radius 2 is 1.25 bits per heavy atom. The van der Waals surface area contributed by atoms with Crippen molar-refractivity contribution in [2.24, 2.45) is 0 Å². The molecule has 154 valence electrons. The van der Waals surface area contributed by atoms with Gasteiger partial charge in [-0.15, -0.1) is 3.63 Å². The van der Waals surface area contributed by atoms with Crippen LogP contribution in [0.4, 0.5) is 11.4 Å². The number of rotatable bonds is 7. The van der Waals surface area contributed by atoms with Gasteiger partial charge in [-0.1, -0.05) is 0 Å². The highest BCUT2D eigenvalue weighted by Gasteiger charge is 2.31. The van der Waals surface area contributed by atoms with Crippen LogP contribution < -0.4 is 20.9 Å². The van der Waals surface area contributed by atoms with Crippen molar-refractivity contribution in [2.45, 2.75) is 30.6 Å². The first-order chi connectivity index (χ1) is 12.9. The fraction of sp³-hybridized carbons (Fsp3) is 0.294. The van der Waals surface area contributed by atoms with Crippen molar-refractivity contribution in [2.75, 3.05) is 25.2 Å². The van der Waals surface area contributed by atoms with Crippen molar-refractivity contribution in [1.82, 2.24) is 0 Å². The van der Waals surface area contributed by atoms with E-state index >= 15 is 0 Å². The summed E-state index contributed by atoms with van der Waals surface area (Å²) in [6, 6.07) is 4.96. The minimum absolute atomic E-state index is 0.0764. The van der Waals surface area contributed by atoms with Gasteiger partial charge in [0.25, 0.3) is 0 Å². The summed E-state index contributed by atoms with van der Waals surface area (Å²) in [6.45, 7) is 4.87. The number of ether oxygens (including phenoxy) is 2. The zero-order valence-electron chi connectivity index (χ0n) is 15.8. The summed E-state index contributed by atoms with van der Waals surface area (Å²) in [5.74, 6) is 0.186. The summed E-state index contributed by atoms with van der Waals surface area (Å²) < 4.78 is 65.6. The molecule has 0 aliphatic rings. The Labute approximate surface area is 164 Å². The number of anilines is 2. The smallest absolute Gasteiger partial charge is 0.312 e. The number of nitrogens with two attached hydrogens (primary N) is 2. The first kappa shape index (κ1) is 21.8. The Hall–Kier alpha value is -2.50. The molecule has 0 atom stereocenters. The molecular formula is C17H22N2O7S2. The molecule has 0 saturated heterocycles. The normalized spacial score (nSPS) is 12.0. The third kappa shape index (κ3) is 4.32. The van der Waals surface area contributed by atoms with E-state index in [2.05, 4.69) is 3.63 Å². The van der Waals surface area contributed by atoms with Gasteiger partial charge in [0.2, 0.25) is 0 Å². The average molecular weight is 431 g/mol. The van der Waals surface area contributed by atoms with E-state index in [1.165, 1.54) is 33.1 Å². The lowest BCUT2D eigenvalue weighted by Crippen LogP contribution is -2.17. The zero-order valence-corrected chi connectivity index (χ0v) is 17.5. The summed E-state index contributed by atoms with van der Waals surface area (Å²) in [5.41, 5.74) is 12.4. The highest BCUT2D eigenvalue weighted by atomic mass is 32.3. The summed E-state index contributed by atoms with van der Waals surface area (Å²) >= 11 is 0. The fourth-order valence-electron chi connectivity index (χ4n) is 2.57. The number of benzene rings is 2. The van der Waals surface area contributed by atoms with E-state index in [4.69, 9.17) is 20.9 Å². The van der Waals surface area contributed by atoms with Gasteiger partial charge < -0.3 is 20.9 Å². The van der Waals surface area contributed by atoms with E-state index in [-0.39, 0.29) is 50.4 Å². The van der Waals surface area contributed by atoms with Crippen molar-refractivity contribution >= 4 is 31.6 Å². The molecule has 2 rings (SSSR count). The van der Waals surface area contributed by atoms with Crippen molar-refractivity contribution in [3.8, 4) is 11.5 Å². The second-order valence-corrected chi connectivity index (χ2v) is 9.16. The number of methoxy groups -OCH3 is 1. The molecule has 0 spiro atoms. The van der Waals surface area contributed by atoms with E-state index in [0.717, 1.165) is 12.1 Å². The molecule has 11 heteroatoms. The van der Waals surface area contributed by atoms with Crippen LogP contribution in [0.3, 0.4) is 0 Å². The molecule has 0 aliphatic heterocycles. The molecule has 0 unspecified atom stereocenters. The second-order valence-electron chi connectivity index (χ2n) is 5.92. The van der Waals surface area contributed by atoms with E-state index < -0.39 is 20.2 Å². The third-order valence-electron chi connectivity index (χ3n) is 3.85. The maximum absolute atomic E-state index is 12.7. The minimum Gasteiger partial charge on any atom is -0.495 e. The maximum atomic E-state index is 12.7. The number of aryl methyl sites for hydroxylation is 2. The molecule has 0 fully saturated rings. The van der Waals surface area contributed by atoms with Gasteiger partial charge in [-0.3, -0.25) is 0 Å². The van der Waals surface area contributed by atoms with Crippen LogP contribution in [-0.2, 0) is 23.9 Å². The highest BCUT2D eigenvalue weighted by Crippen LogP contribution is 2.33. The summed E-state index contributed by atoms with van der Waals surface area (Å²) in [5, 5.41) is 0. The quantitative estimate of drug-likeness (QED) is 0.629. The van der Waals surface area contributed by atoms with Gasteiger partial charge in [0.15, 0.2) is 0 Å². The molecule has 28 heavy (non-hydrogen) atoms. The molecule has 0 aromatic heterocycles. The second kappa shape index (κ2) is 7.86. The molecule has 4 N–H and O–H groups in total. The molecule has 9 nitrogen and oxygen atoms in total. The van der Waals surface area contributed by atoms with Crippen LogP contribution in [0.2, 0.25) is 0 Å². The third-order valence-corrected chi connectivity index (χ3v) is 7.24. The van der Waals surface area contributed by atoms with E-state index in [9.17, 15) is 16.8 Å². The van der Waals surface area contributed by atoms with Gasteiger partial charge >= 0.3 is 20.2 Å². The lowest BCUT2D eigenvalue weighted by molar-refractivity contribution is 0.341. The Balaban J connectivity index is 2.54. The first-order valence-corrected chi connectivity index (χ1v) is 10.9. The standard InChI is InChI=1S/C17H22N2O7S2/c1-5-25-15-9-17(11(3)7-13(15)19)28(22,23)26-27(20,21)16-8-14(24-4)12(18)6-10(16)2/h6-9H,5,18-19H2,1-4H3. The van der Waals surface area contributed by atoms with Gasteiger partial charge in [0.1, 0.15) is 21.3 Å². The van der Waals surface area contributed by atoms with E-state index in [1.54, 1.807) is 6.92 Å². The van der Waals surface area contributed by atoms with Crippen LogP contribution in [0.1, 0.15) is 18.1 Å². The van der Waals surface area contributed by atoms with Crippen LogP contribution >= 0.6 is 0 Å². The fourth-order valence-corrected chi connectivity index (χ4v) is 5.51. The van der Waals surface area contributed by atoms with Gasteiger partial charge in [0.05, 0.1) is 25.1 Å². The van der Waals surface area contributed by atoms with Crippen molar-refractivity contribution < 1.29 is 29.9 Å². The molecular weight excluding hydrogens is 408 g/mol. The summed E-state index contributed by atoms with van der Waals surface area (Å²) in [6.07, 6.45) is 0.